The van der Waals surface area contributed by atoms with Gasteiger partial charge in [0.1, 0.15) is 0 Å². The summed E-state index contributed by atoms with van der Waals surface area (Å²) in [5, 5.41) is 8.31. The molecule has 0 radical (unpaired) electrons. The fourth-order valence-electron chi connectivity index (χ4n) is 3.62. The first kappa shape index (κ1) is 21.6. The molecular weight excluding hydrogens is 474 g/mol. The Balaban J connectivity index is 1.55. The number of carbonyl (C=O) groups excluding carboxylic acids is 1. The molecule has 0 unspecified atom stereocenters. The first-order valence-corrected chi connectivity index (χ1v) is 12.4. The van der Waals surface area contributed by atoms with Crippen molar-refractivity contribution in [2.24, 2.45) is 0 Å². The van der Waals surface area contributed by atoms with E-state index in [4.69, 9.17) is 11.6 Å². The number of aryl methyl sites for hydroxylation is 2. The first-order valence-electron chi connectivity index (χ1n) is 10.3. The van der Waals surface area contributed by atoms with Crippen molar-refractivity contribution in [1.82, 2.24) is 14.8 Å². The van der Waals surface area contributed by atoms with Gasteiger partial charge >= 0.3 is 0 Å². The van der Waals surface area contributed by atoms with Crippen LogP contribution in [-0.4, -0.2) is 20.7 Å². The number of benzene rings is 1. The summed E-state index contributed by atoms with van der Waals surface area (Å²) in [6.07, 6.45) is 1.36. The van der Waals surface area contributed by atoms with Crippen molar-refractivity contribution < 1.29 is 4.79 Å². The molecule has 0 aliphatic carbocycles. The molecule has 0 aliphatic rings. The number of aromatic amines is 1. The lowest BCUT2D eigenvalue weighted by Gasteiger charge is -2.05. The number of nitrogens with one attached hydrogen (secondary N) is 1. The maximum atomic E-state index is 13.2. The molecule has 5 nitrogen and oxygen atoms in total. The number of aromatic nitrogens is 3. The average Bonchev–Trinajstić information content (AvgIpc) is 3.58. The van der Waals surface area contributed by atoms with Crippen LogP contribution in [0, 0.1) is 0 Å². The molecule has 4 heterocycles. The van der Waals surface area contributed by atoms with E-state index >= 15 is 0 Å². The van der Waals surface area contributed by atoms with Crippen LogP contribution in [0.5, 0.6) is 0 Å². The van der Waals surface area contributed by atoms with Gasteiger partial charge in [0.25, 0.3) is 5.91 Å². The van der Waals surface area contributed by atoms with Gasteiger partial charge in [-0.1, -0.05) is 41.9 Å². The number of H-pyrrole nitrogens is 1. The fraction of sp³-hybridized carbons (Fsp3) is 0.0800. The van der Waals surface area contributed by atoms with E-state index in [2.05, 4.69) is 10.1 Å². The van der Waals surface area contributed by atoms with Crippen molar-refractivity contribution in [3.8, 4) is 22.5 Å². The number of carbonyl (C=O) groups is 1. The Labute approximate surface area is 202 Å². The van der Waals surface area contributed by atoms with Crippen molar-refractivity contribution in [1.29, 1.82) is 0 Å². The van der Waals surface area contributed by atoms with Crippen LogP contribution in [0.4, 0.5) is 0 Å². The summed E-state index contributed by atoms with van der Waals surface area (Å²) in [6, 6.07) is 20.6. The third-order valence-electron chi connectivity index (χ3n) is 5.22. The Morgan fingerprint density at radius 1 is 1.00 bits per heavy atom. The molecular formula is C25H18ClN3O2S2. The highest BCUT2D eigenvalue weighted by Gasteiger charge is 2.18. The van der Waals surface area contributed by atoms with Crippen molar-refractivity contribution >= 4 is 40.2 Å². The second-order valence-corrected chi connectivity index (χ2v) is 10.0. The van der Waals surface area contributed by atoms with Gasteiger partial charge in [0.05, 0.1) is 15.6 Å². The molecule has 0 atom stereocenters. The third-order valence-corrected chi connectivity index (χ3v) is 7.20. The Hall–Kier alpha value is -3.26. The van der Waals surface area contributed by atoms with Crippen LogP contribution in [0.2, 0.25) is 4.34 Å². The molecule has 0 saturated heterocycles. The quantitative estimate of drug-likeness (QED) is 0.309. The Kier molecular flexibility index (Phi) is 6.09. The van der Waals surface area contributed by atoms with Crippen LogP contribution < -0.4 is 5.56 Å². The van der Waals surface area contributed by atoms with E-state index in [1.54, 1.807) is 6.07 Å². The van der Waals surface area contributed by atoms with Gasteiger partial charge in [-0.3, -0.25) is 9.59 Å². The summed E-state index contributed by atoms with van der Waals surface area (Å²) < 4.78 is 2.20. The lowest BCUT2D eigenvalue weighted by molar-refractivity contribution is 0.0942. The maximum absolute atomic E-state index is 13.2. The van der Waals surface area contributed by atoms with Gasteiger partial charge < -0.3 is 4.98 Å². The molecule has 8 heteroatoms. The molecule has 33 heavy (non-hydrogen) atoms. The predicted molar refractivity (Wildman–Crippen MR) is 135 cm³/mol. The van der Waals surface area contributed by atoms with E-state index in [9.17, 15) is 9.59 Å². The second kappa shape index (κ2) is 9.31. The van der Waals surface area contributed by atoms with Gasteiger partial charge in [-0.05, 0) is 54.1 Å². The van der Waals surface area contributed by atoms with Crippen LogP contribution in [-0.2, 0) is 12.8 Å². The molecule has 4 aromatic heterocycles. The number of hydrogen-bond donors (Lipinski definition) is 1. The minimum atomic E-state index is -0.222. The molecule has 1 aromatic carbocycles. The van der Waals surface area contributed by atoms with Gasteiger partial charge in [-0.25, -0.2) is 4.68 Å². The molecule has 5 rings (SSSR count). The monoisotopic (exact) mass is 491 g/mol. The zero-order valence-corrected chi connectivity index (χ0v) is 19.7. The van der Waals surface area contributed by atoms with Crippen LogP contribution in [0.1, 0.15) is 20.9 Å². The number of hydrogen-bond acceptors (Lipinski definition) is 5. The summed E-state index contributed by atoms with van der Waals surface area (Å²) >= 11 is 9.07. The number of thiophene rings is 2. The van der Waals surface area contributed by atoms with Crippen molar-refractivity contribution in [2.45, 2.75) is 12.8 Å². The van der Waals surface area contributed by atoms with Gasteiger partial charge in [-0.15, -0.1) is 11.3 Å². The van der Waals surface area contributed by atoms with Gasteiger partial charge in [0, 0.05) is 33.3 Å². The number of nitrogens with zero attached hydrogens (tertiary/aromatic N) is 2. The minimum absolute atomic E-state index is 0.185. The van der Waals surface area contributed by atoms with Gasteiger partial charge in [-0.2, -0.15) is 16.4 Å². The summed E-state index contributed by atoms with van der Waals surface area (Å²) in [5.41, 5.74) is 4.00. The standard InChI is InChI=1S/C25H18ClN3O2S2/c26-23-9-8-20(33-23)7-6-19-14-22(28-29(19)25(31)17-10-11-32-15-17)18-12-21(27-24(30)13-18)16-4-2-1-3-5-16/h1-5,8-15H,6-7H2,(H,27,30). The van der Waals surface area contributed by atoms with Crippen molar-refractivity contribution in [2.75, 3.05) is 0 Å². The lowest BCUT2D eigenvalue weighted by Crippen LogP contribution is -2.16. The first-order chi connectivity index (χ1) is 16.1. The molecule has 5 aromatic rings. The highest BCUT2D eigenvalue weighted by molar-refractivity contribution is 7.16. The molecule has 1 N–H and O–H groups in total. The topological polar surface area (TPSA) is 67.8 Å². The normalized spacial score (nSPS) is 11.1. The minimum Gasteiger partial charge on any atom is -0.322 e. The summed E-state index contributed by atoms with van der Waals surface area (Å²) in [5.74, 6) is -0.185. The predicted octanol–water partition coefficient (Wildman–Crippen LogP) is 6.16. The summed E-state index contributed by atoms with van der Waals surface area (Å²) in [6.45, 7) is 0. The smallest absolute Gasteiger partial charge is 0.279 e. The fourth-order valence-corrected chi connectivity index (χ4v) is 5.34. The van der Waals surface area contributed by atoms with Crippen molar-refractivity contribution in [3.63, 3.8) is 0 Å². The number of pyridine rings is 1. The van der Waals surface area contributed by atoms with E-state index in [0.29, 0.717) is 28.9 Å². The van der Waals surface area contributed by atoms with Crippen LogP contribution in [0.3, 0.4) is 0 Å². The number of halogens is 1. The summed E-state index contributed by atoms with van der Waals surface area (Å²) in [4.78, 5) is 29.6. The lowest BCUT2D eigenvalue weighted by atomic mass is 10.1. The van der Waals surface area contributed by atoms with E-state index in [-0.39, 0.29) is 11.5 Å². The summed E-state index contributed by atoms with van der Waals surface area (Å²) in [7, 11) is 0. The molecule has 0 fully saturated rings. The van der Waals surface area contributed by atoms with Gasteiger partial charge in [0.15, 0.2) is 0 Å². The Morgan fingerprint density at radius 2 is 1.85 bits per heavy atom. The maximum Gasteiger partial charge on any atom is 0.279 e. The zero-order valence-electron chi connectivity index (χ0n) is 17.3. The molecule has 0 saturated carbocycles. The van der Waals surface area contributed by atoms with Crippen LogP contribution >= 0.6 is 34.3 Å². The highest BCUT2D eigenvalue weighted by atomic mass is 35.5. The zero-order chi connectivity index (χ0) is 22.8. The molecule has 0 amide bonds. The molecule has 0 spiro atoms. The largest absolute Gasteiger partial charge is 0.322 e. The van der Waals surface area contributed by atoms with Crippen LogP contribution in [0.15, 0.2) is 82.3 Å². The number of rotatable bonds is 6. The molecule has 0 bridgehead atoms. The molecule has 164 valence electrons. The van der Waals surface area contributed by atoms with E-state index in [0.717, 1.165) is 26.9 Å². The molecule has 0 aliphatic heterocycles. The van der Waals surface area contributed by atoms with E-state index in [1.807, 2.05) is 65.4 Å². The van der Waals surface area contributed by atoms with E-state index in [1.165, 1.54) is 33.4 Å². The third kappa shape index (κ3) is 4.75. The Bertz CT molecular complexity index is 1470. The van der Waals surface area contributed by atoms with Crippen LogP contribution in [0.25, 0.3) is 22.5 Å². The second-order valence-electron chi connectivity index (χ2n) is 7.47. The van der Waals surface area contributed by atoms with Crippen molar-refractivity contribution in [3.05, 3.63) is 108 Å². The average molecular weight is 492 g/mol. The Morgan fingerprint density at radius 3 is 2.58 bits per heavy atom. The highest BCUT2D eigenvalue weighted by Crippen LogP contribution is 2.26. The SMILES string of the molecule is O=C(c1ccsc1)n1nc(-c2cc(-c3ccccc3)[nH]c(=O)c2)cc1CCc1ccc(Cl)s1. The van der Waals surface area contributed by atoms with Gasteiger partial charge in [0.2, 0.25) is 5.56 Å². The van der Waals surface area contributed by atoms with E-state index < -0.39 is 0 Å².